The number of rotatable bonds is 4. The average Bonchev–Trinajstić information content (AvgIpc) is 3.33. The number of nitrogens with zero attached hydrogens (tertiary/aromatic N) is 5. The van der Waals surface area contributed by atoms with Gasteiger partial charge in [-0.1, -0.05) is 15.5 Å². The van der Waals surface area contributed by atoms with Gasteiger partial charge in [0.05, 0.1) is 6.42 Å². The zero-order valence-corrected chi connectivity index (χ0v) is 15.5. The van der Waals surface area contributed by atoms with Gasteiger partial charge in [0.25, 0.3) is 0 Å². The summed E-state index contributed by atoms with van der Waals surface area (Å²) in [6.45, 7) is 2.96. The van der Waals surface area contributed by atoms with Gasteiger partial charge in [-0.05, 0) is 43.4 Å². The molecule has 4 heterocycles. The lowest BCUT2D eigenvalue weighted by Crippen LogP contribution is -2.55. The summed E-state index contributed by atoms with van der Waals surface area (Å²) in [6, 6.07) is 3.50. The lowest BCUT2D eigenvalue weighted by molar-refractivity contribution is -0.139. The molecule has 1 aliphatic carbocycles. The number of piperidine rings is 2. The van der Waals surface area contributed by atoms with E-state index in [0.717, 1.165) is 18.6 Å². The Balaban J connectivity index is 1.27. The zero-order valence-electron chi connectivity index (χ0n) is 15.5. The quantitative estimate of drug-likeness (QED) is 0.662. The van der Waals surface area contributed by atoms with Crippen molar-refractivity contribution in [3.63, 3.8) is 0 Å². The van der Waals surface area contributed by atoms with Crippen molar-refractivity contribution in [1.29, 1.82) is 0 Å². The molecule has 10 heteroatoms. The molecule has 1 saturated carbocycles. The molecule has 0 spiro atoms. The van der Waals surface area contributed by atoms with Crippen molar-refractivity contribution < 1.29 is 22.7 Å². The summed E-state index contributed by atoms with van der Waals surface area (Å²) >= 11 is 0. The van der Waals surface area contributed by atoms with E-state index in [9.17, 15) is 13.6 Å². The van der Waals surface area contributed by atoms with Gasteiger partial charge in [-0.3, -0.25) is 4.79 Å². The molecular formula is C19H17F2N5O3. The van der Waals surface area contributed by atoms with Crippen LogP contribution in [0.15, 0.2) is 27.4 Å². The molecule has 3 aromatic rings. The zero-order chi connectivity index (χ0) is 20.1. The first kappa shape index (κ1) is 17.9. The molecule has 8 nitrogen and oxygen atoms in total. The Labute approximate surface area is 163 Å². The van der Waals surface area contributed by atoms with E-state index in [-0.39, 0.29) is 35.9 Å². The largest absolute Gasteiger partial charge is 0.342 e. The van der Waals surface area contributed by atoms with Crippen LogP contribution in [0.1, 0.15) is 29.6 Å². The maximum absolute atomic E-state index is 13.5. The normalized spacial score (nSPS) is 23.1. The molecule has 2 bridgehead atoms. The number of fused-ring (bicyclic) bond motifs is 2. The summed E-state index contributed by atoms with van der Waals surface area (Å²) < 4.78 is 36.7. The Morgan fingerprint density at radius 1 is 1.17 bits per heavy atom. The third-order valence-corrected chi connectivity index (χ3v) is 5.85. The highest BCUT2D eigenvalue weighted by atomic mass is 19.2. The molecule has 6 rings (SSSR count). The Morgan fingerprint density at radius 3 is 2.66 bits per heavy atom. The molecule has 2 atom stereocenters. The first-order valence-corrected chi connectivity index (χ1v) is 9.34. The summed E-state index contributed by atoms with van der Waals surface area (Å²) in [5.74, 6) is -0.653. The van der Waals surface area contributed by atoms with E-state index in [1.54, 1.807) is 6.92 Å². The van der Waals surface area contributed by atoms with E-state index in [1.165, 1.54) is 6.07 Å². The van der Waals surface area contributed by atoms with Gasteiger partial charge in [0, 0.05) is 24.6 Å². The predicted molar refractivity (Wildman–Crippen MR) is 93.3 cm³/mol. The number of halogens is 2. The van der Waals surface area contributed by atoms with Crippen molar-refractivity contribution in [3.05, 3.63) is 47.1 Å². The van der Waals surface area contributed by atoms with Gasteiger partial charge in [0.15, 0.2) is 11.6 Å². The first-order chi connectivity index (χ1) is 14.0. The monoisotopic (exact) mass is 401 g/mol. The van der Waals surface area contributed by atoms with Gasteiger partial charge in [-0.2, -0.15) is 4.98 Å². The first-order valence-electron chi connectivity index (χ1n) is 9.34. The van der Waals surface area contributed by atoms with Crippen molar-refractivity contribution in [2.75, 3.05) is 13.1 Å². The number of aromatic nitrogens is 4. The maximum Gasteiger partial charge on any atom is 0.230 e. The number of aryl methyl sites for hydroxylation is 1. The van der Waals surface area contributed by atoms with Gasteiger partial charge in [-0.15, -0.1) is 0 Å². The predicted octanol–water partition coefficient (Wildman–Crippen LogP) is 2.51. The Bertz CT molecular complexity index is 1070. The topological polar surface area (TPSA) is 98.2 Å². The summed E-state index contributed by atoms with van der Waals surface area (Å²) in [6.07, 6.45) is 1.15. The SMILES string of the molecule is Cc1nonc1CC(=O)N1CC2CC(C1)C2c1nc(-c2ccc(F)c(F)c2)no1. The van der Waals surface area contributed by atoms with E-state index in [2.05, 4.69) is 25.1 Å². The maximum atomic E-state index is 13.5. The Morgan fingerprint density at radius 2 is 1.97 bits per heavy atom. The van der Waals surface area contributed by atoms with Crippen molar-refractivity contribution >= 4 is 5.91 Å². The van der Waals surface area contributed by atoms with Crippen LogP contribution in [-0.2, 0) is 11.2 Å². The number of amides is 1. The highest BCUT2D eigenvalue weighted by molar-refractivity contribution is 5.78. The third-order valence-electron chi connectivity index (χ3n) is 5.85. The van der Waals surface area contributed by atoms with Crippen LogP contribution < -0.4 is 0 Å². The van der Waals surface area contributed by atoms with Gasteiger partial charge >= 0.3 is 0 Å². The standard InChI is InChI=1S/C19H17F2N5O3/c1-9-15(24-29-23-9)6-16(27)26-7-11-4-12(8-26)17(11)19-22-18(25-28-19)10-2-3-13(20)14(21)5-10/h2-3,5,11-12,17H,4,6-8H2,1H3. The number of carbonyl (C=O) groups is 1. The molecule has 2 aliphatic heterocycles. The average molecular weight is 401 g/mol. The minimum absolute atomic E-state index is 0.00930. The molecule has 0 N–H and O–H groups in total. The highest BCUT2D eigenvalue weighted by Crippen LogP contribution is 2.51. The molecule has 3 aliphatic rings. The highest BCUT2D eigenvalue weighted by Gasteiger charge is 2.51. The lowest BCUT2D eigenvalue weighted by Gasteiger charge is -2.52. The second kappa shape index (κ2) is 6.71. The van der Waals surface area contributed by atoms with Gasteiger partial charge < -0.3 is 9.42 Å². The van der Waals surface area contributed by atoms with Crippen molar-refractivity contribution in [2.45, 2.75) is 25.7 Å². The minimum Gasteiger partial charge on any atom is -0.342 e. The third kappa shape index (κ3) is 3.08. The second-order valence-electron chi connectivity index (χ2n) is 7.64. The molecule has 2 saturated heterocycles. The molecule has 3 fully saturated rings. The van der Waals surface area contributed by atoms with E-state index in [0.29, 0.717) is 35.9 Å². The van der Waals surface area contributed by atoms with Crippen LogP contribution in [0.25, 0.3) is 11.4 Å². The fraction of sp³-hybridized carbons (Fsp3) is 0.421. The van der Waals surface area contributed by atoms with Crippen molar-refractivity contribution in [1.82, 2.24) is 25.4 Å². The Hall–Kier alpha value is -3.17. The molecule has 150 valence electrons. The van der Waals surface area contributed by atoms with E-state index in [1.807, 2.05) is 4.90 Å². The molecule has 2 unspecified atom stereocenters. The summed E-state index contributed by atoms with van der Waals surface area (Å²) in [5, 5.41) is 11.4. The fourth-order valence-electron chi connectivity index (χ4n) is 4.28. The van der Waals surface area contributed by atoms with Crippen LogP contribution in [0, 0.1) is 30.4 Å². The van der Waals surface area contributed by atoms with Crippen LogP contribution in [0.5, 0.6) is 0 Å². The molecule has 0 radical (unpaired) electrons. The van der Waals surface area contributed by atoms with E-state index < -0.39 is 11.6 Å². The minimum atomic E-state index is -0.957. The van der Waals surface area contributed by atoms with Crippen LogP contribution >= 0.6 is 0 Å². The van der Waals surface area contributed by atoms with E-state index in [4.69, 9.17) is 4.52 Å². The molecule has 29 heavy (non-hydrogen) atoms. The number of carbonyl (C=O) groups excluding carboxylic acids is 1. The Kier molecular flexibility index (Phi) is 4.14. The van der Waals surface area contributed by atoms with Crippen LogP contribution in [-0.4, -0.2) is 44.4 Å². The van der Waals surface area contributed by atoms with Crippen LogP contribution in [0.4, 0.5) is 8.78 Å². The van der Waals surface area contributed by atoms with Gasteiger partial charge in [0.1, 0.15) is 11.4 Å². The molecular weight excluding hydrogens is 384 g/mol. The summed E-state index contributed by atoms with van der Waals surface area (Å²) in [5.41, 5.74) is 1.53. The van der Waals surface area contributed by atoms with Crippen molar-refractivity contribution in [2.24, 2.45) is 11.8 Å². The fourth-order valence-corrected chi connectivity index (χ4v) is 4.28. The molecule has 1 amide bonds. The molecule has 2 aromatic heterocycles. The number of hydrogen-bond donors (Lipinski definition) is 0. The number of benzene rings is 1. The van der Waals surface area contributed by atoms with Crippen molar-refractivity contribution in [3.8, 4) is 11.4 Å². The van der Waals surface area contributed by atoms with E-state index >= 15 is 0 Å². The van der Waals surface area contributed by atoms with Crippen LogP contribution in [0.2, 0.25) is 0 Å². The second-order valence-corrected chi connectivity index (χ2v) is 7.64. The lowest BCUT2D eigenvalue weighted by atomic mass is 9.61. The van der Waals surface area contributed by atoms with Gasteiger partial charge in [-0.25, -0.2) is 13.4 Å². The van der Waals surface area contributed by atoms with Crippen LogP contribution in [0.3, 0.4) is 0 Å². The molecule has 1 aromatic carbocycles. The smallest absolute Gasteiger partial charge is 0.230 e. The summed E-state index contributed by atoms with van der Waals surface area (Å²) in [4.78, 5) is 18.8. The number of hydrogen-bond acceptors (Lipinski definition) is 7. The summed E-state index contributed by atoms with van der Waals surface area (Å²) in [7, 11) is 0. The van der Waals surface area contributed by atoms with Gasteiger partial charge in [0.2, 0.25) is 17.6 Å².